The van der Waals surface area contributed by atoms with Gasteiger partial charge in [0.1, 0.15) is 0 Å². The van der Waals surface area contributed by atoms with Crippen LogP contribution in [-0.4, -0.2) is 36.4 Å². The molecule has 0 bridgehead atoms. The van der Waals surface area contributed by atoms with E-state index >= 15 is 0 Å². The molecule has 0 saturated heterocycles. The van der Waals surface area contributed by atoms with Crippen LogP contribution < -0.4 is 10.6 Å². The smallest absolute Gasteiger partial charge is 0.251 e. The highest BCUT2D eigenvalue weighted by Gasteiger charge is 2.12. The second-order valence-corrected chi connectivity index (χ2v) is 5.58. The third-order valence-corrected chi connectivity index (χ3v) is 3.55. The lowest BCUT2D eigenvalue weighted by atomic mass is 10.1. The van der Waals surface area contributed by atoms with Crippen molar-refractivity contribution in [3.63, 3.8) is 0 Å². The molecule has 1 rings (SSSR count). The Bertz CT molecular complexity index is 463. The highest BCUT2D eigenvalue weighted by atomic mass is 32.2. The number of carbonyl (C=O) groups excluding carboxylic acids is 2. The van der Waals surface area contributed by atoms with E-state index in [1.807, 2.05) is 20.1 Å². The molecular weight excluding hydrogens is 272 g/mol. The number of amides is 2. The predicted octanol–water partition coefficient (Wildman–Crippen LogP) is 2.31. The van der Waals surface area contributed by atoms with Crippen LogP contribution in [0.25, 0.3) is 0 Å². The van der Waals surface area contributed by atoms with Crippen LogP contribution in [0.15, 0.2) is 24.3 Å². The van der Waals surface area contributed by atoms with Crippen molar-refractivity contribution >= 4 is 23.6 Å². The van der Waals surface area contributed by atoms with Crippen LogP contribution in [0.5, 0.6) is 0 Å². The molecular formula is C15H22N2O2S. The topological polar surface area (TPSA) is 58.2 Å². The lowest BCUT2D eigenvalue weighted by Gasteiger charge is -2.13. The van der Waals surface area contributed by atoms with E-state index in [1.165, 1.54) is 0 Å². The van der Waals surface area contributed by atoms with E-state index in [4.69, 9.17) is 0 Å². The van der Waals surface area contributed by atoms with Gasteiger partial charge in [-0.3, -0.25) is 9.59 Å². The number of hydrogen-bond donors (Lipinski definition) is 2. The fourth-order valence-corrected chi connectivity index (χ4v) is 2.32. The second kappa shape index (κ2) is 8.64. The van der Waals surface area contributed by atoms with E-state index in [1.54, 1.807) is 36.0 Å². The Balaban J connectivity index is 2.72. The van der Waals surface area contributed by atoms with Crippen molar-refractivity contribution in [2.24, 2.45) is 0 Å². The van der Waals surface area contributed by atoms with Crippen LogP contribution in [0, 0.1) is 0 Å². The van der Waals surface area contributed by atoms with Crippen molar-refractivity contribution in [2.45, 2.75) is 26.3 Å². The molecule has 0 fully saturated rings. The van der Waals surface area contributed by atoms with Gasteiger partial charge in [-0.05, 0) is 37.8 Å². The van der Waals surface area contributed by atoms with Crippen LogP contribution in [0.3, 0.4) is 0 Å². The number of hydrogen-bond acceptors (Lipinski definition) is 3. The molecule has 0 radical (unpaired) electrons. The zero-order valence-corrected chi connectivity index (χ0v) is 13.0. The summed E-state index contributed by atoms with van der Waals surface area (Å²) in [5, 5.41) is 5.72. The van der Waals surface area contributed by atoms with Crippen LogP contribution in [0.2, 0.25) is 0 Å². The van der Waals surface area contributed by atoms with Crippen LogP contribution in [0.4, 0.5) is 0 Å². The summed E-state index contributed by atoms with van der Waals surface area (Å²) in [6.07, 6.45) is 2.89. The fraction of sp³-hybridized carbons (Fsp3) is 0.467. The lowest BCUT2D eigenvalue weighted by Crippen LogP contribution is -2.34. The first-order valence-corrected chi connectivity index (χ1v) is 8.16. The molecule has 110 valence electrons. The van der Waals surface area contributed by atoms with Gasteiger partial charge in [0.2, 0.25) is 0 Å². The first-order chi connectivity index (χ1) is 9.58. The second-order valence-electron chi connectivity index (χ2n) is 4.67. The lowest BCUT2D eigenvalue weighted by molar-refractivity contribution is 0.0943. The van der Waals surface area contributed by atoms with Crippen molar-refractivity contribution < 1.29 is 9.59 Å². The number of carbonyl (C=O) groups is 2. The molecule has 0 aromatic heterocycles. The van der Waals surface area contributed by atoms with Gasteiger partial charge >= 0.3 is 0 Å². The molecule has 0 unspecified atom stereocenters. The van der Waals surface area contributed by atoms with Crippen LogP contribution in [0.1, 0.15) is 41.0 Å². The van der Waals surface area contributed by atoms with E-state index in [0.717, 1.165) is 12.2 Å². The maximum atomic E-state index is 12.1. The van der Waals surface area contributed by atoms with E-state index in [0.29, 0.717) is 17.7 Å². The quantitative estimate of drug-likeness (QED) is 0.811. The Hall–Kier alpha value is -1.49. The predicted molar refractivity (Wildman–Crippen MR) is 84.4 cm³/mol. The summed E-state index contributed by atoms with van der Waals surface area (Å²) in [6.45, 7) is 4.60. The first-order valence-electron chi connectivity index (χ1n) is 6.76. The zero-order chi connectivity index (χ0) is 15.0. The van der Waals surface area contributed by atoms with Gasteiger partial charge in [0.25, 0.3) is 11.8 Å². The Morgan fingerprint density at radius 3 is 2.50 bits per heavy atom. The SMILES string of the molecule is CCCNC(=O)c1cccc(C(=O)N[C@@H](C)CSC)c1. The van der Waals surface area contributed by atoms with Crippen molar-refractivity contribution in [3.05, 3.63) is 35.4 Å². The van der Waals surface area contributed by atoms with Crippen LogP contribution in [-0.2, 0) is 0 Å². The number of nitrogens with one attached hydrogen (secondary N) is 2. The van der Waals surface area contributed by atoms with Gasteiger partial charge in [0, 0.05) is 29.5 Å². The molecule has 1 atom stereocenters. The van der Waals surface area contributed by atoms with Gasteiger partial charge in [-0.1, -0.05) is 13.0 Å². The average molecular weight is 294 g/mol. The molecule has 4 nitrogen and oxygen atoms in total. The van der Waals surface area contributed by atoms with Gasteiger partial charge in [0.15, 0.2) is 0 Å². The average Bonchev–Trinajstić information content (AvgIpc) is 2.45. The molecule has 5 heteroatoms. The van der Waals surface area contributed by atoms with E-state index in [-0.39, 0.29) is 17.9 Å². The van der Waals surface area contributed by atoms with Crippen molar-refractivity contribution in [3.8, 4) is 0 Å². The molecule has 1 aromatic carbocycles. The van der Waals surface area contributed by atoms with Crippen molar-refractivity contribution in [1.29, 1.82) is 0 Å². The molecule has 0 spiro atoms. The highest BCUT2D eigenvalue weighted by molar-refractivity contribution is 7.98. The summed E-state index contributed by atoms with van der Waals surface area (Å²) >= 11 is 1.69. The van der Waals surface area contributed by atoms with Crippen LogP contribution >= 0.6 is 11.8 Å². The minimum Gasteiger partial charge on any atom is -0.352 e. The summed E-state index contributed by atoms with van der Waals surface area (Å²) < 4.78 is 0. The van der Waals surface area contributed by atoms with Gasteiger partial charge in [0.05, 0.1) is 0 Å². The third-order valence-electron chi connectivity index (χ3n) is 2.72. The molecule has 0 saturated carbocycles. The molecule has 20 heavy (non-hydrogen) atoms. The summed E-state index contributed by atoms with van der Waals surface area (Å²) in [5.41, 5.74) is 1.03. The number of thioether (sulfide) groups is 1. The van der Waals surface area contributed by atoms with E-state index < -0.39 is 0 Å². The normalized spacial score (nSPS) is 11.8. The largest absolute Gasteiger partial charge is 0.352 e. The van der Waals surface area contributed by atoms with E-state index in [9.17, 15) is 9.59 Å². The molecule has 0 heterocycles. The summed E-state index contributed by atoms with van der Waals surface area (Å²) in [6, 6.07) is 6.90. The standard InChI is InChI=1S/C15H22N2O2S/c1-4-8-16-14(18)12-6-5-7-13(9-12)15(19)17-11(2)10-20-3/h5-7,9,11H,4,8,10H2,1-3H3,(H,16,18)(H,17,19)/t11-/m0/s1. The number of benzene rings is 1. The first kappa shape index (κ1) is 16.6. The zero-order valence-electron chi connectivity index (χ0n) is 12.2. The molecule has 0 aliphatic rings. The van der Waals surface area contributed by atoms with Gasteiger partial charge < -0.3 is 10.6 Å². The highest BCUT2D eigenvalue weighted by Crippen LogP contribution is 2.06. The molecule has 2 amide bonds. The van der Waals surface area contributed by atoms with Gasteiger partial charge in [-0.25, -0.2) is 0 Å². The van der Waals surface area contributed by atoms with Gasteiger partial charge in [-0.2, -0.15) is 11.8 Å². The van der Waals surface area contributed by atoms with Gasteiger partial charge in [-0.15, -0.1) is 0 Å². The maximum absolute atomic E-state index is 12.1. The Morgan fingerprint density at radius 2 is 1.90 bits per heavy atom. The monoisotopic (exact) mass is 294 g/mol. The Kier molecular flexibility index (Phi) is 7.15. The molecule has 1 aromatic rings. The minimum absolute atomic E-state index is 0.107. The third kappa shape index (κ3) is 5.25. The number of rotatable bonds is 7. The van der Waals surface area contributed by atoms with Crippen molar-refractivity contribution in [1.82, 2.24) is 10.6 Å². The summed E-state index contributed by atoms with van der Waals surface area (Å²) in [7, 11) is 0. The maximum Gasteiger partial charge on any atom is 0.251 e. The Labute approximate surface area is 124 Å². The molecule has 0 aliphatic heterocycles. The van der Waals surface area contributed by atoms with E-state index in [2.05, 4.69) is 10.6 Å². The Morgan fingerprint density at radius 1 is 1.25 bits per heavy atom. The molecule has 2 N–H and O–H groups in total. The summed E-state index contributed by atoms with van der Waals surface area (Å²) in [5.74, 6) is 0.581. The fourth-order valence-electron chi connectivity index (χ4n) is 1.74. The minimum atomic E-state index is -0.142. The van der Waals surface area contributed by atoms with Crippen molar-refractivity contribution in [2.75, 3.05) is 18.6 Å². The molecule has 0 aliphatic carbocycles. The summed E-state index contributed by atoms with van der Waals surface area (Å²) in [4.78, 5) is 23.9.